The molecule has 4 rings (SSSR count). The lowest BCUT2D eigenvalue weighted by atomic mass is 9.53. The van der Waals surface area contributed by atoms with Gasteiger partial charge in [-0.25, -0.2) is 0 Å². The van der Waals surface area contributed by atoms with E-state index >= 15 is 0 Å². The summed E-state index contributed by atoms with van der Waals surface area (Å²) >= 11 is 0. The molecule has 0 aromatic carbocycles. The van der Waals surface area contributed by atoms with Crippen LogP contribution in [-0.4, -0.2) is 37.7 Å². The summed E-state index contributed by atoms with van der Waals surface area (Å²) in [5.41, 5.74) is -2.48. The van der Waals surface area contributed by atoms with Gasteiger partial charge >= 0.3 is 17.9 Å². The van der Waals surface area contributed by atoms with E-state index in [4.69, 9.17) is 14.2 Å². The molecular weight excluding hydrogens is 348 g/mol. The fourth-order valence-electron chi connectivity index (χ4n) is 7.61. The second-order valence-electron chi connectivity index (χ2n) is 9.92. The highest BCUT2D eigenvalue weighted by molar-refractivity contribution is 5.85. The van der Waals surface area contributed by atoms with Gasteiger partial charge in [0.05, 0.1) is 25.0 Å². The number of rotatable bonds is 2. The molecule has 2 bridgehead atoms. The van der Waals surface area contributed by atoms with Crippen LogP contribution in [-0.2, 0) is 28.6 Å². The Morgan fingerprint density at radius 1 is 1.07 bits per heavy atom. The molecule has 1 heterocycles. The first-order valence-electron chi connectivity index (χ1n) is 9.99. The first kappa shape index (κ1) is 18.8. The molecule has 150 valence electrons. The van der Waals surface area contributed by atoms with Crippen molar-refractivity contribution in [3.63, 3.8) is 0 Å². The van der Waals surface area contributed by atoms with Crippen molar-refractivity contribution in [2.75, 3.05) is 14.2 Å². The lowest BCUT2D eigenvalue weighted by molar-refractivity contribution is -0.174. The summed E-state index contributed by atoms with van der Waals surface area (Å²) in [7, 11) is 2.78. The molecule has 1 saturated heterocycles. The van der Waals surface area contributed by atoms with Crippen LogP contribution in [0.1, 0.15) is 59.3 Å². The van der Waals surface area contributed by atoms with Crippen LogP contribution in [0.2, 0.25) is 0 Å². The number of carbonyl (C=O) groups excluding carboxylic acids is 3. The average Bonchev–Trinajstić information content (AvgIpc) is 2.97. The summed E-state index contributed by atoms with van der Waals surface area (Å²) in [5, 5.41) is 0. The fraction of sp³-hybridized carbons (Fsp3) is 0.857. The van der Waals surface area contributed by atoms with Gasteiger partial charge in [0.1, 0.15) is 11.5 Å². The van der Waals surface area contributed by atoms with Gasteiger partial charge in [-0.3, -0.25) is 14.4 Å². The highest BCUT2D eigenvalue weighted by atomic mass is 16.6. The first-order chi connectivity index (χ1) is 12.6. The number of hydrogen-bond acceptors (Lipinski definition) is 6. The van der Waals surface area contributed by atoms with Crippen molar-refractivity contribution in [3.05, 3.63) is 0 Å². The van der Waals surface area contributed by atoms with Gasteiger partial charge in [0.25, 0.3) is 0 Å². The molecule has 0 unspecified atom stereocenters. The summed E-state index contributed by atoms with van der Waals surface area (Å²) in [6.07, 6.45) is 4.61. The van der Waals surface area contributed by atoms with E-state index in [0.29, 0.717) is 12.8 Å². The average molecular weight is 378 g/mol. The van der Waals surface area contributed by atoms with E-state index < -0.39 is 22.3 Å². The third-order valence-corrected chi connectivity index (χ3v) is 8.59. The maximum Gasteiger partial charge on any atom is 0.313 e. The minimum atomic E-state index is -0.865. The minimum absolute atomic E-state index is 0.0582. The molecule has 1 spiro atoms. The summed E-state index contributed by atoms with van der Waals surface area (Å²) in [6.45, 7) is 6.04. The van der Waals surface area contributed by atoms with E-state index in [2.05, 4.69) is 6.92 Å². The Labute approximate surface area is 160 Å². The number of fused-ring (bicyclic) bond motifs is 3. The van der Waals surface area contributed by atoms with Crippen molar-refractivity contribution >= 4 is 17.9 Å². The Morgan fingerprint density at radius 3 is 2.41 bits per heavy atom. The van der Waals surface area contributed by atoms with Gasteiger partial charge in [0, 0.05) is 12.3 Å². The molecular formula is C21H30O6. The Kier molecular flexibility index (Phi) is 3.81. The van der Waals surface area contributed by atoms with Gasteiger partial charge in [0.15, 0.2) is 0 Å². The van der Waals surface area contributed by atoms with Crippen molar-refractivity contribution in [1.29, 1.82) is 0 Å². The van der Waals surface area contributed by atoms with Crippen LogP contribution in [0, 0.1) is 34.0 Å². The summed E-state index contributed by atoms with van der Waals surface area (Å²) in [5.74, 6) is -1.70. The van der Waals surface area contributed by atoms with E-state index in [-0.39, 0.29) is 35.2 Å². The van der Waals surface area contributed by atoms with Crippen LogP contribution < -0.4 is 0 Å². The third kappa shape index (κ3) is 2.05. The number of hydrogen-bond donors (Lipinski definition) is 0. The zero-order valence-corrected chi connectivity index (χ0v) is 16.9. The Hall–Kier alpha value is -1.59. The fourth-order valence-corrected chi connectivity index (χ4v) is 7.61. The van der Waals surface area contributed by atoms with Crippen molar-refractivity contribution < 1.29 is 28.6 Å². The van der Waals surface area contributed by atoms with E-state index in [0.717, 1.165) is 25.7 Å². The van der Waals surface area contributed by atoms with Crippen LogP contribution in [0.3, 0.4) is 0 Å². The van der Waals surface area contributed by atoms with Crippen LogP contribution in [0.15, 0.2) is 0 Å². The van der Waals surface area contributed by atoms with E-state index in [1.54, 1.807) is 0 Å². The Balaban J connectivity index is 1.93. The van der Waals surface area contributed by atoms with E-state index in [1.807, 2.05) is 13.8 Å². The normalized spacial score (nSPS) is 50.4. The third-order valence-electron chi connectivity index (χ3n) is 8.59. The van der Waals surface area contributed by atoms with Gasteiger partial charge in [-0.2, -0.15) is 0 Å². The number of methoxy groups -OCH3 is 2. The molecule has 0 aromatic rings. The summed E-state index contributed by atoms with van der Waals surface area (Å²) < 4.78 is 16.5. The lowest BCUT2D eigenvalue weighted by Gasteiger charge is -2.50. The molecule has 27 heavy (non-hydrogen) atoms. The van der Waals surface area contributed by atoms with Gasteiger partial charge < -0.3 is 14.2 Å². The number of ether oxygens (including phenoxy) is 3. The molecule has 0 radical (unpaired) electrons. The van der Waals surface area contributed by atoms with Gasteiger partial charge in [-0.05, 0) is 50.9 Å². The van der Waals surface area contributed by atoms with Crippen LogP contribution >= 0.6 is 0 Å². The quantitative estimate of drug-likeness (QED) is 0.543. The summed E-state index contributed by atoms with van der Waals surface area (Å²) in [6, 6.07) is 0. The van der Waals surface area contributed by atoms with Gasteiger partial charge in [-0.15, -0.1) is 0 Å². The van der Waals surface area contributed by atoms with E-state index in [9.17, 15) is 14.4 Å². The standard InChI is InChI=1S/C21H30O6/c1-18-10-7-12-19(2)8-6-9-20(3,17(24)26-5)14(19)13(15(22)25-4)21(12,11-18)27-16(18)23/h12-14H,6-11H2,1-5H3/t12-,13+,14-,18+,19-,20-,21+/m1/s1. The number of carbonyl (C=O) groups is 3. The van der Waals surface area contributed by atoms with Crippen molar-refractivity contribution in [2.45, 2.75) is 64.9 Å². The maximum atomic E-state index is 13.1. The van der Waals surface area contributed by atoms with Crippen LogP contribution in [0.4, 0.5) is 0 Å². The highest BCUT2D eigenvalue weighted by Crippen LogP contribution is 2.74. The molecule has 1 aliphatic heterocycles. The molecule has 4 fully saturated rings. The molecule has 6 nitrogen and oxygen atoms in total. The second-order valence-corrected chi connectivity index (χ2v) is 9.92. The summed E-state index contributed by atoms with van der Waals surface area (Å²) in [4.78, 5) is 38.7. The SMILES string of the molecule is COC(=O)[C@@H]1[C@@H]2[C@](C)(CCC[C@@]2(C)C(=O)OC)[C@H]2CC[C@@]3(C)C[C@@]12OC3=O. The lowest BCUT2D eigenvalue weighted by Crippen LogP contribution is -2.51. The van der Waals surface area contributed by atoms with Crippen molar-refractivity contribution in [2.24, 2.45) is 34.0 Å². The Bertz CT molecular complexity index is 717. The zero-order chi connectivity index (χ0) is 19.8. The molecule has 3 aliphatic carbocycles. The predicted octanol–water partition coefficient (Wildman–Crippen LogP) is 2.88. The predicted molar refractivity (Wildman–Crippen MR) is 95.3 cm³/mol. The molecule has 6 heteroatoms. The molecule has 0 aromatic heterocycles. The van der Waals surface area contributed by atoms with Crippen molar-refractivity contribution in [1.82, 2.24) is 0 Å². The van der Waals surface area contributed by atoms with Crippen LogP contribution in [0.5, 0.6) is 0 Å². The second kappa shape index (κ2) is 5.48. The maximum absolute atomic E-state index is 13.1. The topological polar surface area (TPSA) is 78.9 Å². The zero-order valence-electron chi connectivity index (χ0n) is 16.9. The largest absolute Gasteiger partial charge is 0.469 e. The van der Waals surface area contributed by atoms with Crippen LogP contribution in [0.25, 0.3) is 0 Å². The molecule has 3 saturated carbocycles. The highest BCUT2D eigenvalue weighted by Gasteiger charge is 2.79. The molecule has 0 N–H and O–H groups in total. The molecule has 0 amide bonds. The smallest absolute Gasteiger partial charge is 0.313 e. The molecule has 4 aliphatic rings. The van der Waals surface area contributed by atoms with Gasteiger partial charge in [0.2, 0.25) is 0 Å². The first-order valence-corrected chi connectivity index (χ1v) is 9.99. The van der Waals surface area contributed by atoms with Crippen molar-refractivity contribution in [3.8, 4) is 0 Å². The monoisotopic (exact) mass is 378 g/mol. The molecule has 7 atom stereocenters. The van der Waals surface area contributed by atoms with Gasteiger partial charge in [-0.1, -0.05) is 13.3 Å². The number of esters is 3. The Morgan fingerprint density at radius 2 is 1.78 bits per heavy atom. The minimum Gasteiger partial charge on any atom is -0.469 e. The van der Waals surface area contributed by atoms with E-state index in [1.165, 1.54) is 14.2 Å².